The van der Waals surface area contributed by atoms with Crippen LogP contribution in [0.1, 0.15) is 30.5 Å². The van der Waals surface area contributed by atoms with Crippen molar-refractivity contribution < 1.29 is 5.11 Å². The highest BCUT2D eigenvalue weighted by Gasteiger charge is 2.37. The predicted octanol–water partition coefficient (Wildman–Crippen LogP) is 0.200. The second-order valence-electron chi connectivity index (χ2n) is 7.01. The topological polar surface area (TPSA) is 64.5 Å². The Morgan fingerprint density at radius 1 is 1.04 bits per heavy atom. The van der Waals surface area contributed by atoms with Crippen molar-refractivity contribution in [1.82, 2.24) is 20.2 Å². The van der Waals surface area contributed by atoms with Gasteiger partial charge in [-0.1, -0.05) is 6.42 Å². The minimum absolute atomic E-state index is 0.254. The molecule has 0 aromatic carbocycles. The third kappa shape index (κ3) is 3.07. The zero-order valence-electron chi connectivity index (χ0n) is 13.7. The molecule has 0 radical (unpaired) electrons. The first-order valence-corrected chi connectivity index (χ1v) is 9.03. The molecule has 4 rings (SSSR count). The highest BCUT2D eigenvalue weighted by atomic mass is 16.3. The van der Waals surface area contributed by atoms with Crippen LogP contribution >= 0.6 is 0 Å². The van der Waals surface area contributed by atoms with Crippen LogP contribution in [0.2, 0.25) is 0 Å². The average Bonchev–Trinajstić information content (AvgIpc) is 2.81. The molecule has 3 aliphatic rings. The van der Waals surface area contributed by atoms with E-state index in [1.165, 1.54) is 30.5 Å². The molecule has 23 heavy (non-hydrogen) atoms. The smallest absolute Gasteiger partial charge is 0.135 e. The number of nitrogens with zero attached hydrogens (tertiary/aromatic N) is 4. The highest BCUT2D eigenvalue weighted by molar-refractivity contribution is 5.51. The highest BCUT2D eigenvalue weighted by Crippen LogP contribution is 2.28. The lowest BCUT2D eigenvalue weighted by Gasteiger charge is -2.33. The zero-order chi connectivity index (χ0) is 15.6. The molecule has 1 aromatic heterocycles. The third-order valence-electron chi connectivity index (χ3n) is 5.52. The number of hydrogen-bond acceptors (Lipinski definition) is 6. The largest absolute Gasteiger partial charge is 0.390 e. The van der Waals surface area contributed by atoms with Crippen LogP contribution < -0.4 is 10.2 Å². The molecule has 6 nitrogen and oxygen atoms in total. The summed E-state index contributed by atoms with van der Waals surface area (Å²) in [5, 5.41) is 14.0. The van der Waals surface area contributed by atoms with Gasteiger partial charge in [0, 0.05) is 31.6 Å². The summed E-state index contributed by atoms with van der Waals surface area (Å²) in [5.74, 6) is 1.05. The number of anilines is 1. The predicted molar refractivity (Wildman–Crippen MR) is 89.7 cm³/mol. The molecule has 2 fully saturated rings. The van der Waals surface area contributed by atoms with Gasteiger partial charge in [-0.15, -0.1) is 0 Å². The van der Waals surface area contributed by atoms with Gasteiger partial charge in [0.1, 0.15) is 12.1 Å². The SMILES string of the molecule is O[C@H]1CN(c2ncnc3c2CCNCC3)C[C@@H]1N1CCCCC1. The van der Waals surface area contributed by atoms with Gasteiger partial charge in [-0.3, -0.25) is 4.90 Å². The van der Waals surface area contributed by atoms with E-state index >= 15 is 0 Å². The molecule has 0 spiro atoms. The monoisotopic (exact) mass is 317 g/mol. The lowest BCUT2D eigenvalue weighted by Crippen LogP contribution is -2.45. The normalized spacial score (nSPS) is 29.3. The summed E-state index contributed by atoms with van der Waals surface area (Å²) < 4.78 is 0. The maximum atomic E-state index is 10.6. The fraction of sp³-hybridized carbons (Fsp3) is 0.765. The molecular formula is C17H27N5O. The second-order valence-corrected chi connectivity index (χ2v) is 7.01. The Morgan fingerprint density at radius 3 is 2.74 bits per heavy atom. The molecule has 0 unspecified atom stereocenters. The first kappa shape index (κ1) is 15.3. The molecule has 1 aromatic rings. The number of β-amino-alcohol motifs (C(OH)–C–C–N with tert-alkyl or cyclic N) is 1. The number of aliphatic hydroxyl groups excluding tert-OH is 1. The van der Waals surface area contributed by atoms with Gasteiger partial charge >= 0.3 is 0 Å². The molecule has 3 aliphatic heterocycles. The van der Waals surface area contributed by atoms with Gasteiger partial charge in [0.25, 0.3) is 0 Å². The number of rotatable bonds is 2. The van der Waals surface area contributed by atoms with Crippen LogP contribution in [-0.4, -0.2) is 71.4 Å². The number of likely N-dealkylation sites (tertiary alicyclic amines) is 1. The number of aromatic nitrogens is 2. The summed E-state index contributed by atoms with van der Waals surface area (Å²) >= 11 is 0. The van der Waals surface area contributed by atoms with Gasteiger partial charge in [0.15, 0.2) is 0 Å². The van der Waals surface area contributed by atoms with Gasteiger partial charge in [0.2, 0.25) is 0 Å². The van der Waals surface area contributed by atoms with Crippen molar-refractivity contribution in [1.29, 1.82) is 0 Å². The molecule has 0 aliphatic carbocycles. The van der Waals surface area contributed by atoms with Crippen LogP contribution in [0, 0.1) is 0 Å². The van der Waals surface area contributed by atoms with Crippen LogP contribution in [0.3, 0.4) is 0 Å². The van der Waals surface area contributed by atoms with Crippen LogP contribution in [0.25, 0.3) is 0 Å². The fourth-order valence-electron chi connectivity index (χ4n) is 4.28. The van der Waals surface area contributed by atoms with Crippen LogP contribution in [0.5, 0.6) is 0 Å². The average molecular weight is 317 g/mol. The van der Waals surface area contributed by atoms with Gasteiger partial charge < -0.3 is 15.3 Å². The molecule has 6 heteroatoms. The second kappa shape index (κ2) is 6.71. The molecular weight excluding hydrogens is 290 g/mol. The number of aliphatic hydroxyl groups is 1. The zero-order valence-corrected chi connectivity index (χ0v) is 13.7. The van der Waals surface area contributed by atoms with E-state index in [0.717, 1.165) is 51.4 Å². The van der Waals surface area contributed by atoms with E-state index in [9.17, 15) is 5.11 Å². The Labute approximate surface area is 137 Å². The van der Waals surface area contributed by atoms with E-state index in [-0.39, 0.29) is 12.1 Å². The summed E-state index contributed by atoms with van der Waals surface area (Å²) in [6, 6.07) is 0.254. The van der Waals surface area contributed by atoms with Gasteiger partial charge in [-0.05, 0) is 38.9 Å². The van der Waals surface area contributed by atoms with Crippen LogP contribution in [0.15, 0.2) is 6.33 Å². The fourth-order valence-corrected chi connectivity index (χ4v) is 4.28. The van der Waals surface area contributed by atoms with Gasteiger partial charge in [0.05, 0.1) is 17.8 Å². The molecule has 0 amide bonds. The van der Waals surface area contributed by atoms with E-state index in [2.05, 4.69) is 25.1 Å². The quantitative estimate of drug-likeness (QED) is 0.812. The number of piperidine rings is 1. The Morgan fingerprint density at radius 2 is 1.87 bits per heavy atom. The molecule has 0 bridgehead atoms. The van der Waals surface area contributed by atoms with E-state index in [0.29, 0.717) is 6.54 Å². The lowest BCUT2D eigenvalue weighted by molar-refractivity contribution is 0.0706. The molecule has 4 heterocycles. The Balaban J connectivity index is 1.55. The van der Waals surface area contributed by atoms with E-state index in [1.54, 1.807) is 6.33 Å². The van der Waals surface area contributed by atoms with Crippen molar-refractivity contribution in [2.45, 2.75) is 44.2 Å². The molecule has 2 atom stereocenters. The van der Waals surface area contributed by atoms with Crippen molar-refractivity contribution in [3.63, 3.8) is 0 Å². The first-order chi connectivity index (χ1) is 11.3. The van der Waals surface area contributed by atoms with Crippen molar-refractivity contribution in [2.24, 2.45) is 0 Å². The number of nitrogens with one attached hydrogen (secondary N) is 1. The molecule has 0 saturated carbocycles. The number of hydrogen-bond donors (Lipinski definition) is 2. The minimum atomic E-state index is -0.275. The van der Waals surface area contributed by atoms with Crippen molar-refractivity contribution in [3.8, 4) is 0 Å². The first-order valence-electron chi connectivity index (χ1n) is 9.03. The van der Waals surface area contributed by atoms with Crippen LogP contribution in [-0.2, 0) is 12.8 Å². The Hall–Kier alpha value is -1.24. The van der Waals surface area contributed by atoms with E-state index in [4.69, 9.17) is 0 Å². The lowest BCUT2D eigenvalue weighted by atomic mass is 10.1. The van der Waals surface area contributed by atoms with Crippen molar-refractivity contribution in [2.75, 3.05) is 44.2 Å². The van der Waals surface area contributed by atoms with Crippen molar-refractivity contribution >= 4 is 5.82 Å². The van der Waals surface area contributed by atoms with Gasteiger partial charge in [-0.2, -0.15) is 0 Å². The minimum Gasteiger partial charge on any atom is -0.390 e. The number of fused-ring (bicyclic) bond motifs is 1. The third-order valence-corrected chi connectivity index (χ3v) is 5.52. The van der Waals surface area contributed by atoms with E-state index < -0.39 is 0 Å². The summed E-state index contributed by atoms with van der Waals surface area (Å²) in [4.78, 5) is 13.8. The van der Waals surface area contributed by atoms with Crippen molar-refractivity contribution in [3.05, 3.63) is 17.6 Å². The summed E-state index contributed by atoms with van der Waals surface area (Å²) in [7, 11) is 0. The maximum Gasteiger partial charge on any atom is 0.135 e. The van der Waals surface area contributed by atoms with Gasteiger partial charge in [-0.25, -0.2) is 9.97 Å². The molecule has 2 N–H and O–H groups in total. The summed E-state index contributed by atoms with van der Waals surface area (Å²) in [5.41, 5.74) is 2.46. The molecule has 2 saturated heterocycles. The summed E-state index contributed by atoms with van der Waals surface area (Å²) in [6.07, 6.45) is 7.22. The Bertz CT molecular complexity index is 546. The maximum absolute atomic E-state index is 10.6. The Kier molecular flexibility index (Phi) is 4.46. The standard InChI is InChI=1S/C17H27N5O/c23-16-11-22(10-15(16)21-8-2-1-3-9-21)17-13-4-6-18-7-5-14(13)19-12-20-17/h12,15-16,18,23H,1-11H2/t15-,16-/m0/s1. The molecule has 126 valence electrons. The van der Waals surface area contributed by atoms with E-state index in [1.807, 2.05) is 0 Å². The summed E-state index contributed by atoms with van der Waals surface area (Å²) in [6.45, 7) is 5.81. The van der Waals surface area contributed by atoms with Crippen LogP contribution in [0.4, 0.5) is 5.82 Å².